The molecule has 4 nitrogen and oxygen atoms in total. The van der Waals surface area contributed by atoms with E-state index >= 15 is 0 Å². The summed E-state index contributed by atoms with van der Waals surface area (Å²) in [5.41, 5.74) is 5.84. The molecule has 1 atom stereocenters. The van der Waals surface area contributed by atoms with Gasteiger partial charge in [-0.3, -0.25) is 4.90 Å². The molecule has 1 aliphatic rings. The molecule has 0 bridgehead atoms. The van der Waals surface area contributed by atoms with Gasteiger partial charge in [-0.15, -0.1) is 23.7 Å². The number of hydrogen-bond donors (Lipinski definition) is 1. The first-order valence-electron chi connectivity index (χ1n) is 5.99. The summed E-state index contributed by atoms with van der Waals surface area (Å²) in [5, 5.41) is 0.653. The van der Waals surface area contributed by atoms with Crippen LogP contribution in [-0.2, 0) is 11.3 Å². The highest BCUT2D eigenvalue weighted by atomic mass is 35.5. The molecule has 0 saturated carbocycles. The van der Waals surface area contributed by atoms with Crippen LogP contribution in [0.1, 0.15) is 25.6 Å². The quantitative estimate of drug-likeness (QED) is 0.909. The molecule has 18 heavy (non-hydrogen) atoms. The highest BCUT2D eigenvalue weighted by Crippen LogP contribution is 2.26. The standard InChI is InChI=1S/C12H21N3OS.ClH/c1-12(2,3)10-8-15(4-5-16-10)7-9-6-14-11(13)17-9;/h6,10H,4-5,7-8H2,1-3H3,(H2,13,14);1H. The van der Waals surface area contributed by atoms with Crippen LogP contribution in [0.2, 0.25) is 0 Å². The summed E-state index contributed by atoms with van der Waals surface area (Å²) >= 11 is 1.57. The number of rotatable bonds is 2. The molecule has 0 aromatic carbocycles. The van der Waals surface area contributed by atoms with Crippen LogP contribution in [0.15, 0.2) is 6.20 Å². The smallest absolute Gasteiger partial charge is 0.180 e. The average Bonchev–Trinajstić information content (AvgIpc) is 2.63. The largest absolute Gasteiger partial charge is 0.375 e. The van der Waals surface area contributed by atoms with Gasteiger partial charge >= 0.3 is 0 Å². The van der Waals surface area contributed by atoms with E-state index in [4.69, 9.17) is 10.5 Å². The highest BCUT2D eigenvalue weighted by molar-refractivity contribution is 7.15. The van der Waals surface area contributed by atoms with Crippen LogP contribution >= 0.6 is 23.7 Å². The summed E-state index contributed by atoms with van der Waals surface area (Å²) in [5.74, 6) is 0. The molecule has 1 aromatic heterocycles. The Morgan fingerprint density at radius 3 is 2.83 bits per heavy atom. The molecule has 1 aromatic rings. The van der Waals surface area contributed by atoms with Crippen LogP contribution in [0.3, 0.4) is 0 Å². The van der Waals surface area contributed by atoms with Crippen LogP contribution in [-0.4, -0.2) is 35.7 Å². The Hall–Kier alpha value is -0.360. The molecule has 104 valence electrons. The molecule has 2 heterocycles. The highest BCUT2D eigenvalue weighted by Gasteiger charge is 2.30. The maximum Gasteiger partial charge on any atom is 0.180 e. The molecule has 1 aliphatic heterocycles. The second kappa shape index (κ2) is 6.19. The second-order valence-corrected chi connectivity index (χ2v) is 6.77. The first kappa shape index (κ1) is 15.7. The number of hydrogen-bond acceptors (Lipinski definition) is 5. The molecule has 0 amide bonds. The molecular formula is C12H22ClN3OS. The number of aromatic nitrogens is 1. The first-order valence-corrected chi connectivity index (χ1v) is 6.81. The lowest BCUT2D eigenvalue weighted by molar-refractivity contribution is -0.0814. The minimum Gasteiger partial charge on any atom is -0.375 e. The maximum atomic E-state index is 5.84. The van der Waals surface area contributed by atoms with E-state index in [1.54, 1.807) is 11.3 Å². The van der Waals surface area contributed by atoms with E-state index in [2.05, 4.69) is 30.7 Å². The minimum atomic E-state index is 0. The minimum absolute atomic E-state index is 0. The summed E-state index contributed by atoms with van der Waals surface area (Å²) in [6.45, 7) is 10.4. The normalized spacial score (nSPS) is 21.6. The first-order chi connectivity index (χ1) is 7.95. The van der Waals surface area contributed by atoms with Crippen LogP contribution in [0, 0.1) is 5.41 Å². The molecule has 2 N–H and O–H groups in total. The van der Waals surface area contributed by atoms with Crippen molar-refractivity contribution in [2.45, 2.75) is 33.4 Å². The third-order valence-electron chi connectivity index (χ3n) is 3.07. The lowest BCUT2D eigenvalue weighted by Gasteiger charge is -2.39. The fourth-order valence-electron chi connectivity index (χ4n) is 1.99. The fraction of sp³-hybridized carbons (Fsp3) is 0.750. The lowest BCUT2D eigenvalue weighted by atomic mass is 9.88. The zero-order chi connectivity index (χ0) is 12.5. The predicted molar refractivity (Wildman–Crippen MR) is 78.2 cm³/mol. The number of thiazole rings is 1. The van der Waals surface area contributed by atoms with Crippen LogP contribution in [0.25, 0.3) is 0 Å². The van der Waals surface area contributed by atoms with Gasteiger partial charge in [0.1, 0.15) is 0 Å². The molecule has 1 unspecified atom stereocenters. The van der Waals surface area contributed by atoms with Crippen molar-refractivity contribution in [2.24, 2.45) is 5.41 Å². The van der Waals surface area contributed by atoms with Crippen molar-refractivity contribution in [1.29, 1.82) is 0 Å². The van der Waals surface area contributed by atoms with E-state index in [0.717, 1.165) is 26.2 Å². The van der Waals surface area contributed by atoms with Gasteiger partial charge < -0.3 is 10.5 Å². The predicted octanol–water partition coefficient (Wildman–Crippen LogP) is 2.39. The Morgan fingerprint density at radius 2 is 2.28 bits per heavy atom. The van der Waals surface area contributed by atoms with Crippen molar-refractivity contribution in [3.05, 3.63) is 11.1 Å². The Morgan fingerprint density at radius 1 is 1.56 bits per heavy atom. The fourth-order valence-corrected chi connectivity index (χ4v) is 2.71. The topological polar surface area (TPSA) is 51.4 Å². The van der Waals surface area contributed by atoms with Gasteiger partial charge in [0.2, 0.25) is 0 Å². The van der Waals surface area contributed by atoms with Crippen molar-refractivity contribution in [1.82, 2.24) is 9.88 Å². The van der Waals surface area contributed by atoms with Crippen molar-refractivity contribution in [2.75, 3.05) is 25.4 Å². The van der Waals surface area contributed by atoms with E-state index in [0.29, 0.717) is 11.2 Å². The number of ether oxygens (including phenoxy) is 1. The van der Waals surface area contributed by atoms with Crippen LogP contribution in [0.5, 0.6) is 0 Å². The molecule has 0 spiro atoms. The Bertz CT molecular complexity index is 378. The number of morpholine rings is 1. The number of nitrogen functional groups attached to an aromatic ring is 1. The van der Waals surface area contributed by atoms with E-state index in [1.165, 1.54) is 4.88 Å². The van der Waals surface area contributed by atoms with E-state index < -0.39 is 0 Å². The van der Waals surface area contributed by atoms with Crippen molar-refractivity contribution in [3.63, 3.8) is 0 Å². The number of anilines is 1. The van der Waals surface area contributed by atoms with Gasteiger partial charge in [-0.05, 0) is 5.41 Å². The summed E-state index contributed by atoms with van der Waals surface area (Å²) in [7, 11) is 0. The molecule has 6 heteroatoms. The van der Waals surface area contributed by atoms with E-state index in [-0.39, 0.29) is 17.8 Å². The van der Waals surface area contributed by atoms with E-state index in [9.17, 15) is 0 Å². The third kappa shape index (κ3) is 4.09. The zero-order valence-corrected chi connectivity index (χ0v) is 12.8. The summed E-state index contributed by atoms with van der Waals surface area (Å²) in [6, 6.07) is 0. The molecule has 2 rings (SSSR count). The van der Waals surface area contributed by atoms with Gasteiger partial charge in [0.05, 0.1) is 12.7 Å². The average molecular weight is 292 g/mol. The Kier molecular flexibility index (Phi) is 5.40. The molecule has 0 radical (unpaired) electrons. The lowest BCUT2D eigenvalue weighted by Crippen LogP contribution is -2.47. The molecule has 1 saturated heterocycles. The molecule has 1 fully saturated rings. The van der Waals surface area contributed by atoms with Crippen molar-refractivity contribution >= 4 is 28.9 Å². The maximum absolute atomic E-state index is 5.84. The third-order valence-corrected chi connectivity index (χ3v) is 3.88. The summed E-state index contributed by atoms with van der Waals surface area (Å²) in [6.07, 6.45) is 2.18. The summed E-state index contributed by atoms with van der Waals surface area (Å²) in [4.78, 5) is 7.74. The summed E-state index contributed by atoms with van der Waals surface area (Å²) < 4.78 is 5.84. The number of halogens is 1. The van der Waals surface area contributed by atoms with E-state index in [1.807, 2.05) is 6.20 Å². The van der Waals surface area contributed by atoms with Gasteiger partial charge in [-0.1, -0.05) is 20.8 Å². The Labute approximate surface area is 119 Å². The Balaban J connectivity index is 0.00000162. The monoisotopic (exact) mass is 291 g/mol. The van der Waals surface area contributed by atoms with Crippen LogP contribution in [0.4, 0.5) is 5.13 Å². The SMILES string of the molecule is CC(C)(C)C1CN(Cc2cnc(N)s2)CCO1.Cl. The van der Waals surface area contributed by atoms with Gasteiger partial charge in [0.25, 0.3) is 0 Å². The van der Waals surface area contributed by atoms with Crippen molar-refractivity contribution < 1.29 is 4.74 Å². The molecule has 0 aliphatic carbocycles. The zero-order valence-electron chi connectivity index (χ0n) is 11.2. The van der Waals surface area contributed by atoms with Crippen molar-refractivity contribution in [3.8, 4) is 0 Å². The van der Waals surface area contributed by atoms with Gasteiger partial charge in [0.15, 0.2) is 5.13 Å². The van der Waals surface area contributed by atoms with Gasteiger partial charge in [-0.25, -0.2) is 4.98 Å². The van der Waals surface area contributed by atoms with Crippen LogP contribution < -0.4 is 5.73 Å². The molecular weight excluding hydrogens is 270 g/mol. The van der Waals surface area contributed by atoms with Gasteiger partial charge in [-0.2, -0.15) is 0 Å². The number of nitrogens with zero attached hydrogens (tertiary/aromatic N) is 2. The number of nitrogens with two attached hydrogens (primary N) is 1. The second-order valence-electron chi connectivity index (χ2n) is 5.63. The van der Waals surface area contributed by atoms with Gasteiger partial charge in [0, 0.05) is 30.7 Å².